The van der Waals surface area contributed by atoms with Gasteiger partial charge in [-0.3, -0.25) is 0 Å². The molecule has 0 atom stereocenters. The van der Waals surface area contributed by atoms with Crippen molar-refractivity contribution in [2.45, 2.75) is 20.8 Å². The third-order valence-electron chi connectivity index (χ3n) is 1.13. The van der Waals surface area contributed by atoms with E-state index in [1.165, 1.54) is 0 Å². The molecule has 3 heteroatoms. The van der Waals surface area contributed by atoms with Gasteiger partial charge in [0.15, 0.2) is 0 Å². The van der Waals surface area contributed by atoms with Gasteiger partial charge < -0.3 is 0 Å². The van der Waals surface area contributed by atoms with E-state index >= 15 is 0 Å². The Hall–Kier alpha value is -0.700. The number of aromatic nitrogens is 1. The normalized spacial score (nSPS) is 11.1. The standard InChI is InChI=1S/C7H10N2S/c1-4-8-7-5(2)9-6(3)10-7/h4H,1-3H3. The van der Waals surface area contributed by atoms with Crippen LogP contribution in [0, 0.1) is 13.8 Å². The summed E-state index contributed by atoms with van der Waals surface area (Å²) in [5.74, 6) is 0. The summed E-state index contributed by atoms with van der Waals surface area (Å²) in [5.41, 5.74) is 1.03. The van der Waals surface area contributed by atoms with Crippen molar-refractivity contribution in [3.63, 3.8) is 0 Å². The lowest BCUT2D eigenvalue weighted by Crippen LogP contribution is -1.69. The molecule has 0 aromatic carbocycles. The summed E-state index contributed by atoms with van der Waals surface area (Å²) in [5, 5.41) is 2.11. The number of nitrogens with zero attached hydrogens (tertiary/aromatic N) is 2. The minimum atomic E-state index is 1.03. The predicted octanol–water partition coefficient (Wildman–Crippen LogP) is 2.48. The second kappa shape index (κ2) is 2.92. The third kappa shape index (κ3) is 1.42. The highest BCUT2D eigenvalue weighted by Gasteiger charge is 1.99. The van der Waals surface area contributed by atoms with E-state index in [9.17, 15) is 0 Å². The molecule has 0 spiro atoms. The molecule has 1 aromatic heterocycles. The molecule has 1 rings (SSSR count). The van der Waals surface area contributed by atoms with Gasteiger partial charge in [0.2, 0.25) is 0 Å². The van der Waals surface area contributed by atoms with Crippen molar-refractivity contribution in [2.75, 3.05) is 0 Å². The minimum absolute atomic E-state index is 1.03. The van der Waals surface area contributed by atoms with E-state index in [0.29, 0.717) is 0 Å². The van der Waals surface area contributed by atoms with Crippen LogP contribution in [0.2, 0.25) is 0 Å². The van der Waals surface area contributed by atoms with E-state index in [-0.39, 0.29) is 0 Å². The lowest BCUT2D eigenvalue weighted by atomic mass is 10.5. The maximum absolute atomic E-state index is 4.23. The van der Waals surface area contributed by atoms with Gasteiger partial charge in [-0.25, -0.2) is 9.98 Å². The Morgan fingerprint density at radius 1 is 1.50 bits per heavy atom. The van der Waals surface area contributed by atoms with Crippen molar-refractivity contribution in [3.05, 3.63) is 10.7 Å². The van der Waals surface area contributed by atoms with Gasteiger partial charge in [0, 0.05) is 6.21 Å². The average Bonchev–Trinajstić information content (AvgIpc) is 2.13. The highest BCUT2D eigenvalue weighted by molar-refractivity contribution is 7.15. The highest BCUT2D eigenvalue weighted by Crippen LogP contribution is 2.25. The molecule has 0 fully saturated rings. The fourth-order valence-corrected chi connectivity index (χ4v) is 1.57. The molecule has 10 heavy (non-hydrogen) atoms. The second-order valence-corrected chi connectivity index (χ2v) is 3.19. The van der Waals surface area contributed by atoms with Crippen molar-refractivity contribution in [1.29, 1.82) is 0 Å². The van der Waals surface area contributed by atoms with Crippen LogP contribution in [0.4, 0.5) is 5.00 Å². The van der Waals surface area contributed by atoms with Gasteiger partial charge in [-0.1, -0.05) is 11.3 Å². The fraction of sp³-hybridized carbons (Fsp3) is 0.429. The number of thiazole rings is 1. The van der Waals surface area contributed by atoms with Gasteiger partial charge in [-0.05, 0) is 20.8 Å². The molecule has 0 aliphatic rings. The van der Waals surface area contributed by atoms with Gasteiger partial charge in [-0.2, -0.15) is 0 Å². The molecule has 0 bridgehead atoms. The number of rotatable bonds is 1. The number of aliphatic imine (C=N–C) groups is 1. The Bertz CT molecular complexity index is 250. The lowest BCUT2D eigenvalue weighted by molar-refractivity contribution is 1.19. The van der Waals surface area contributed by atoms with E-state index in [2.05, 4.69) is 9.98 Å². The second-order valence-electron chi connectivity index (χ2n) is 2.01. The SMILES string of the molecule is CC=Nc1sc(C)nc1C. The zero-order valence-electron chi connectivity index (χ0n) is 6.38. The Morgan fingerprint density at radius 3 is 2.60 bits per heavy atom. The van der Waals surface area contributed by atoms with E-state index in [1.807, 2.05) is 20.8 Å². The van der Waals surface area contributed by atoms with Crippen molar-refractivity contribution in [1.82, 2.24) is 4.98 Å². The predicted molar refractivity (Wildman–Crippen MR) is 45.4 cm³/mol. The van der Waals surface area contributed by atoms with Crippen molar-refractivity contribution in [2.24, 2.45) is 4.99 Å². The van der Waals surface area contributed by atoms with Gasteiger partial charge in [0.25, 0.3) is 0 Å². The molecular weight excluding hydrogens is 144 g/mol. The van der Waals surface area contributed by atoms with Crippen LogP contribution >= 0.6 is 11.3 Å². The highest BCUT2D eigenvalue weighted by atomic mass is 32.1. The van der Waals surface area contributed by atoms with Crippen LogP contribution in [0.15, 0.2) is 4.99 Å². The van der Waals surface area contributed by atoms with E-state index in [4.69, 9.17) is 0 Å². The molecular formula is C7H10N2S. The van der Waals surface area contributed by atoms with Gasteiger partial charge in [-0.15, -0.1) is 0 Å². The molecule has 0 radical (unpaired) electrons. The first-order chi connectivity index (χ1) is 4.74. The monoisotopic (exact) mass is 154 g/mol. The summed E-state index contributed by atoms with van der Waals surface area (Å²) in [6.07, 6.45) is 1.79. The lowest BCUT2D eigenvalue weighted by Gasteiger charge is -1.82. The molecule has 0 N–H and O–H groups in total. The van der Waals surface area contributed by atoms with Gasteiger partial charge in [0.05, 0.1) is 10.7 Å². The molecule has 54 valence electrons. The summed E-state index contributed by atoms with van der Waals surface area (Å²) in [6, 6.07) is 0. The van der Waals surface area contributed by atoms with Crippen molar-refractivity contribution < 1.29 is 0 Å². The summed E-state index contributed by atoms with van der Waals surface area (Å²) >= 11 is 1.63. The molecule has 0 saturated heterocycles. The van der Waals surface area contributed by atoms with Crippen LogP contribution in [-0.2, 0) is 0 Å². The summed E-state index contributed by atoms with van der Waals surface area (Å²) in [7, 11) is 0. The van der Waals surface area contributed by atoms with Crippen LogP contribution in [0.25, 0.3) is 0 Å². The molecule has 1 aromatic rings. The van der Waals surface area contributed by atoms with E-state index in [0.717, 1.165) is 15.7 Å². The Balaban J connectivity index is 3.03. The number of aryl methyl sites for hydroxylation is 2. The molecule has 0 unspecified atom stereocenters. The molecule has 0 saturated carbocycles. The third-order valence-corrected chi connectivity index (χ3v) is 2.11. The molecule has 0 amide bonds. The largest absolute Gasteiger partial charge is 0.249 e. The van der Waals surface area contributed by atoms with Crippen molar-refractivity contribution in [3.8, 4) is 0 Å². The summed E-state index contributed by atoms with van der Waals surface area (Å²) in [6.45, 7) is 5.88. The Labute approximate surface area is 64.6 Å². The first-order valence-electron chi connectivity index (χ1n) is 3.16. The smallest absolute Gasteiger partial charge is 0.138 e. The first-order valence-corrected chi connectivity index (χ1v) is 3.98. The Morgan fingerprint density at radius 2 is 2.20 bits per heavy atom. The van der Waals surface area contributed by atoms with Gasteiger partial charge in [0.1, 0.15) is 5.00 Å². The number of hydrogen-bond acceptors (Lipinski definition) is 3. The summed E-state index contributed by atoms with van der Waals surface area (Å²) in [4.78, 5) is 8.39. The summed E-state index contributed by atoms with van der Waals surface area (Å²) < 4.78 is 0. The molecule has 1 heterocycles. The zero-order chi connectivity index (χ0) is 7.56. The quantitative estimate of drug-likeness (QED) is 0.570. The van der Waals surface area contributed by atoms with Crippen LogP contribution in [0.1, 0.15) is 17.6 Å². The first kappa shape index (κ1) is 7.41. The zero-order valence-corrected chi connectivity index (χ0v) is 7.20. The van der Waals surface area contributed by atoms with Gasteiger partial charge >= 0.3 is 0 Å². The van der Waals surface area contributed by atoms with Crippen LogP contribution in [-0.4, -0.2) is 11.2 Å². The van der Waals surface area contributed by atoms with E-state index < -0.39 is 0 Å². The van der Waals surface area contributed by atoms with E-state index in [1.54, 1.807) is 17.6 Å². The minimum Gasteiger partial charge on any atom is -0.249 e. The van der Waals surface area contributed by atoms with Crippen LogP contribution in [0.3, 0.4) is 0 Å². The molecule has 0 aliphatic heterocycles. The molecule has 2 nitrogen and oxygen atoms in total. The maximum atomic E-state index is 4.23. The topological polar surface area (TPSA) is 25.2 Å². The average molecular weight is 154 g/mol. The number of hydrogen-bond donors (Lipinski definition) is 0. The van der Waals surface area contributed by atoms with Crippen LogP contribution in [0.5, 0.6) is 0 Å². The Kier molecular flexibility index (Phi) is 2.17. The fourth-order valence-electron chi connectivity index (χ4n) is 0.758. The maximum Gasteiger partial charge on any atom is 0.138 e. The van der Waals surface area contributed by atoms with Crippen LogP contribution < -0.4 is 0 Å². The van der Waals surface area contributed by atoms with Crippen molar-refractivity contribution >= 4 is 22.6 Å². The molecule has 0 aliphatic carbocycles.